The monoisotopic (exact) mass is 335 g/mol. The number of H-pyrrole nitrogens is 1. The van der Waals surface area contributed by atoms with Crippen molar-refractivity contribution in [3.63, 3.8) is 0 Å². The van der Waals surface area contributed by atoms with E-state index >= 15 is 0 Å². The van der Waals surface area contributed by atoms with Gasteiger partial charge in [0.05, 0.1) is 40.3 Å². The van der Waals surface area contributed by atoms with Crippen molar-refractivity contribution in [1.29, 1.82) is 0 Å². The van der Waals surface area contributed by atoms with Gasteiger partial charge in [-0.25, -0.2) is 4.98 Å². The van der Waals surface area contributed by atoms with Crippen LogP contribution in [0.5, 0.6) is 0 Å². The zero-order valence-corrected chi connectivity index (χ0v) is 14.7. The molecule has 5 nitrogen and oxygen atoms in total. The van der Waals surface area contributed by atoms with E-state index in [1.165, 1.54) is 0 Å². The Labute approximate surface area is 147 Å². The van der Waals surface area contributed by atoms with Crippen molar-refractivity contribution in [3.05, 3.63) is 59.9 Å². The number of nitrogens with one attached hydrogen (secondary N) is 1. The Morgan fingerprint density at radius 1 is 1.08 bits per heavy atom. The van der Waals surface area contributed by atoms with Gasteiger partial charge in [-0.1, -0.05) is 24.3 Å². The third-order valence-corrected chi connectivity index (χ3v) is 5.08. The third-order valence-electron chi connectivity index (χ3n) is 5.08. The number of likely N-dealkylation sites (N-methyl/N-ethyl adjacent to an activating group) is 1. The molecule has 25 heavy (non-hydrogen) atoms. The molecule has 0 unspecified atom stereocenters. The van der Waals surface area contributed by atoms with Gasteiger partial charge in [-0.15, -0.1) is 0 Å². The quantitative estimate of drug-likeness (QED) is 0.591. The molecular weight excluding hydrogens is 312 g/mol. The van der Waals surface area contributed by atoms with Crippen LogP contribution in [0.4, 0.5) is 5.82 Å². The van der Waals surface area contributed by atoms with Crippen LogP contribution < -0.4 is 4.90 Å². The topological polar surface area (TPSA) is 49.0 Å². The summed E-state index contributed by atoms with van der Waals surface area (Å²) < 4.78 is 1.03. The molecule has 0 aliphatic carbocycles. The van der Waals surface area contributed by atoms with Gasteiger partial charge in [0.2, 0.25) is 5.78 Å². The van der Waals surface area contributed by atoms with Crippen molar-refractivity contribution in [2.75, 3.05) is 45.2 Å². The van der Waals surface area contributed by atoms with Crippen molar-refractivity contribution in [2.45, 2.75) is 0 Å². The van der Waals surface area contributed by atoms with Crippen LogP contribution in [0, 0.1) is 0 Å². The smallest absolute Gasteiger partial charge is 0.213 e. The number of hydrogen-bond donors (Lipinski definition) is 1. The Balaban J connectivity index is 1.62. The highest BCUT2D eigenvalue weighted by Gasteiger charge is 2.25. The van der Waals surface area contributed by atoms with Gasteiger partial charge in [0, 0.05) is 22.7 Å². The first-order chi connectivity index (χ1) is 12.0. The van der Waals surface area contributed by atoms with Gasteiger partial charge in [0.25, 0.3) is 0 Å². The minimum Gasteiger partial charge on any atom is -0.360 e. The number of piperazine rings is 1. The highest BCUT2D eigenvalue weighted by molar-refractivity contribution is 6.15. The summed E-state index contributed by atoms with van der Waals surface area (Å²) in [4.78, 5) is 23.1. The lowest BCUT2D eigenvalue weighted by molar-refractivity contribution is -0.890. The fourth-order valence-electron chi connectivity index (χ4n) is 3.36. The Kier molecular flexibility index (Phi) is 3.81. The largest absolute Gasteiger partial charge is 0.360 e. The molecule has 0 radical (unpaired) electrons. The van der Waals surface area contributed by atoms with Gasteiger partial charge in [-0.05, 0) is 18.2 Å². The molecule has 1 aliphatic rings. The Morgan fingerprint density at radius 2 is 1.84 bits per heavy atom. The number of nitrogens with zero attached hydrogens (tertiary/aromatic N) is 3. The number of aromatic amines is 1. The van der Waals surface area contributed by atoms with E-state index in [1.54, 1.807) is 12.3 Å². The summed E-state index contributed by atoms with van der Waals surface area (Å²) in [5, 5.41) is 0.941. The van der Waals surface area contributed by atoms with E-state index in [2.05, 4.69) is 29.0 Å². The first-order valence-electron chi connectivity index (χ1n) is 8.68. The average Bonchev–Trinajstić information content (AvgIpc) is 3.05. The maximum atomic E-state index is 13.0. The molecule has 1 saturated heterocycles. The van der Waals surface area contributed by atoms with Crippen LogP contribution >= 0.6 is 0 Å². The van der Waals surface area contributed by atoms with Gasteiger partial charge in [-0.3, -0.25) is 4.79 Å². The van der Waals surface area contributed by atoms with Gasteiger partial charge >= 0.3 is 0 Å². The molecule has 1 N–H and O–H groups in total. The molecule has 3 aromatic rings. The first kappa shape index (κ1) is 15.8. The predicted molar refractivity (Wildman–Crippen MR) is 100 cm³/mol. The Bertz CT molecular complexity index is 918. The SMILES string of the molecule is C[N+]1(C)CCN(c2cccc(C(=O)c3c[nH]c4ccccc34)n2)CC1. The number of benzene rings is 1. The molecule has 2 aromatic heterocycles. The van der Waals surface area contributed by atoms with Crippen LogP contribution in [0.2, 0.25) is 0 Å². The molecule has 0 saturated carbocycles. The number of fused-ring (bicyclic) bond motifs is 1. The van der Waals surface area contributed by atoms with Gasteiger partial charge in [-0.2, -0.15) is 0 Å². The fourth-order valence-corrected chi connectivity index (χ4v) is 3.36. The third kappa shape index (κ3) is 3.03. The Hall–Kier alpha value is -2.66. The van der Waals surface area contributed by atoms with E-state index in [0.29, 0.717) is 11.3 Å². The molecule has 1 aromatic carbocycles. The second kappa shape index (κ2) is 6.01. The van der Waals surface area contributed by atoms with E-state index in [4.69, 9.17) is 0 Å². The summed E-state index contributed by atoms with van der Waals surface area (Å²) in [6.07, 6.45) is 1.78. The molecule has 3 heterocycles. The molecule has 128 valence electrons. The number of pyridine rings is 1. The summed E-state index contributed by atoms with van der Waals surface area (Å²) in [6, 6.07) is 13.6. The molecule has 1 aliphatic heterocycles. The number of quaternary nitrogens is 1. The highest BCUT2D eigenvalue weighted by atomic mass is 16.1. The zero-order valence-electron chi connectivity index (χ0n) is 14.7. The molecule has 4 rings (SSSR count). The van der Waals surface area contributed by atoms with Crippen molar-refractivity contribution >= 4 is 22.5 Å². The van der Waals surface area contributed by atoms with E-state index in [-0.39, 0.29) is 5.78 Å². The maximum Gasteiger partial charge on any atom is 0.213 e. The number of aromatic nitrogens is 2. The molecule has 5 heteroatoms. The zero-order chi connectivity index (χ0) is 17.4. The summed E-state index contributed by atoms with van der Waals surface area (Å²) in [5.74, 6) is 0.859. The van der Waals surface area contributed by atoms with Crippen LogP contribution in [0.3, 0.4) is 0 Å². The molecule has 0 atom stereocenters. The number of para-hydroxylation sites is 1. The van der Waals surface area contributed by atoms with Gasteiger partial charge in [0.15, 0.2) is 0 Å². The van der Waals surface area contributed by atoms with E-state index < -0.39 is 0 Å². The van der Waals surface area contributed by atoms with Crippen LogP contribution in [-0.4, -0.2) is 60.5 Å². The van der Waals surface area contributed by atoms with E-state index in [1.807, 2.05) is 36.4 Å². The molecule has 0 spiro atoms. The van der Waals surface area contributed by atoms with E-state index in [0.717, 1.165) is 47.4 Å². The number of carbonyl (C=O) groups excluding carboxylic acids is 1. The van der Waals surface area contributed by atoms with E-state index in [9.17, 15) is 4.79 Å². The van der Waals surface area contributed by atoms with Crippen LogP contribution in [0.1, 0.15) is 16.1 Å². The predicted octanol–water partition coefficient (Wildman–Crippen LogP) is 2.69. The normalized spacial score (nSPS) is 17.0. The molecular formula is C20H23N4O+. The van der Waals surface area contributed by atoms with Crippen LogP contribution in [0.15, 0.2) is 48.7 Å². The van der Waals surface area contributed by atoms with Crippen molar-refractivity contribution in [3.8, 4) is 0 Å². The maximum absolute atomic E-state index is 13.0. The Morgan fingerprint density at radius 3 is 2.64 bits per heavy atom. The number of hydrogen-bond acceptors (Lipinski definition) is 3. The lowest BCUT2D eigenvalue weighted by Gasteiger charge is -2.39. The average molecular weight is 335 g/mol. The summed E-state index contributed by atoms with van der Waals surface area (Å²) in [6.45, 7) is 4.10. The fraction of sp³-hybridized carbons (Fsp3) is 0.300. The first-order valence-corrected chi connectivity index (χ1v) is 8.68. The summed E-state index contributed by atoms with van der Waals surface area (Å²) >= 11 is 0. The lowest BCUT2D eigenvalue weighted by Crippen LogP contribution is -2.55. The highest BCUT2D eigenvalue weighted by Crippen LogP contribution is 2.22. The summed E-state index contributed by atoms with van der Waals surface area (Å²) in [7, 11) is 4.50. The molecule has 1 fully saturated rings. The number of ketones is 1. The lowest BCUT2D eigenvalue weighted by atomic mass is 10.1. The minimum absolute atomic E-state index is 0.0348. The molecule has 0 amide bonds. The van der Waals surface area contributed by atoms with Crippen LogP contribution in [0.25, 0.3) is 10.9 Å². The van der Waals surface area contributed by atoms with Gasteiger partial charge < -0.3 is 14.4 Å². The van der Waals surface area contributed by atoms with Crippen molar-refractivity contribution < 1.29 is 9.28 Å². The van der Waals surface area contributed by atoms with Crippen molar-refractivity contribution in [1.82, 2.24) is 9.97 Å². The summed E-state index contributed by atoms with van der Waals surface area (Å²) in [5.41, 5.74) is 2.15. The number of anilines is 1. The minimum atomic E-state index is -0.0348. The molecule has 0 bridgehead atoms. The van der Waals surface area contributed by atoms with Crippen LogP contribution in [-0.2, 0) is 0 Å². The van der Waals surface area contributed by atoms with Gasteiger partial charge in [0.1, 0.15) is 11.5 Å². The standard InChI is InChI=1S/C20H22N4O/c1-24(2)12-10-23(11-13-24)19-9-5-8-18(22-19)20(25)16-14-21-17-7-4-3-6-15(16)17/h3-9,14H,10-13H2,1-2H3/p+1. The second-order valence-electron chi connectivity index (χ2n) is 7.33. The number of carbonyl (C=O) groups is 1. The second-order valence-corrected chi connectivity index (χ2v) is 7.33. The number of rotatable bonds is 3. The van der Waals surface area contributed by atoms with Crippen molar-refractivity contribution in [2.24, 2.45) is 0 Å².